The van der Waals surface area contributed by atoms with E-state index in [-0.39, 0.29) is 30.0 Å². The zero-order chi connectivity index (χ0) is 30.0. The van der Waals surface area contributed by atoms with E-state index in [1.54, 1.807) is 44.4 Å². The fraction of sp³-hybridized carbons (Fsp3) is 0.290. The molecule has 4 N–H and O–H groups in total. The molecule has 1 aliphatic rings. The number of hydrogen-bond acceptors (Lipinski definition) is 10. The van der Waals surface area contributed by atoms with Gasteiger partial charge in [-0.3, -0.25) is 4.79 Å². The molecule has 0 saturated carbocycles. The number of aliphatic hydroxyl groups excluding tert-OH is 3. The monoisotopic (exact) mass is 577 g/mol. The van der Waals surface area contributed by atoms with E-state index in [2.05, 4.69) is 5.32 Å². The first-order chi connectivity index (χ1) is 20.2. The molecular formula is C31H31NO10. The summed E-state index contributed by atoms with van der Waals surface area (Å²) in [6.45, 7) is 1.31. The molecule has 220 valence electrons. The highest BCUT2D eigenvalue weighted by molar-refractivity contribution is 6.05. The molecule has 1 aromatic heterocycles. The van der Waals surface area contributed by atoms with Crippen molar-refractivity contribution in [2.24, 2.45) is 0 Å². The summed E-state index contributed by atoms with van der Waals surface area (Å²) in [5.41, 5.74) is 1.57. The molecule has 0 bridgehead atoms. The second-order valence-corrected chi connectivity index (χ2v) is 9.88. The van der Waals surface area contributed by atoms with Crippen LogP contribution >= 0.6 is 0 Å². The molecule has 1 amide bonds. The van der Waals surface area contributed by atoms with Gasteiger partial charge in [0, 0.05) is 28.5 Å². The predicted molar refractivity (Wildman–Crippen MR) is 153 cm³/mol. The van der Waals surface area contributed by atoms with Crippen LogP contribution in [0.5, 0.6) is 17.2 Å². The third kappa shape index (κ3) is 5.81. The molecule has 2 heterocycles. The summed E-state index contributed by atoms with van der Waals surface area (Å²) in [6, 6.07) is 17.0. The van der Waals surface area contributed by atoms with E-state index >= 15 is 0 Å². The summed E-state index contributed by atoms with van der Waals surface area (Å²) < 4.78 is 27.7. The van der Waals surface area contributed by atoms with Crippen LogP contribution in [0.3, 0.4) is 0 Å². The smallest absolute Gasteiger partial charge is 0.360 e. The van der Waals surface area contributed by atoms with E-state index in [0.717, 1.165) is 5.56 Å². The van der Waals surface area contributed by atoms with Gasteiger partial charge in [0.15, 0.2) is 0 Å². The van der Waals surface area contributed by atoms with Crippen molar-refractivity contribution in [2.45, 2.75) is 37.9 Å². The summed E-state index contributed by atoms with van der Waals surface area (Å²) in [4.78, 5) is 26.1. The molecule has 1 saturated heterocycles. The third-order valence-corrected chi connectivity index (χ3v) is 7.14. The lowest BCUT2D eigenvalue weighted by Crippen LogP contribution is -2.51. The molecule has 3 aromatic carbocycles. The van der Waals surface area contributed by atoms with Crippen LogP contribution in [-0.2, 0) is 4.74 Å². The number of aliphatic hydroxyl groups is 3. The van der Waals surface area contributed by atoms with E-state index in [9.17, 15) is 24.9 Å². The Labute approximate surface area is 240 Å². The predicted octanol–water partition coefficient (Wildman–Crippen LogP) is 3.25. The van der Waals surface area contributed by atoms with Crippen LogP contribution in [0.1, 0.15) is 22.3 Å². The highest BCUT2D eigenvalue weighted by Crippen LogP contribution is 2.34. The number of methoxy groups -OCH3 is 2. The molecule has 1 fully saturated rings. The summed E-state index contributed by atoms with van der Waals surface area (Å²) in [5, 5.41) is 32.9. The van der Waals surface area contributed by atoms with Gasteiger partial charge >= 0.3 is 5.63 Å². The lowest BCUT2D eigenvalue weighted by atomic mass is 10.0. The minimum atomic E-state index is -1.34. The topological polar surface area (TPSA) is 157 Å². The van der Waals surface area contributed by atoms with Crippen molar-refractivity contribution in [1.82, 2.24) is 0 Å². The number of carbonyl (C=O) groups excluding carboxylic acids is 1. The SMILES string of the molecule is COc1cccc(-c2cc(C(=O)Nc3cc4ccc(O[C@H]5O[C@H](CO)C[C@@H](O)[C@H]5O)c(C)c4oc3=O)ccc2OC)c1. The zero-order valence-electron chi connectivity index (χ0n) is 23.2. The van der Waals surface area contributed by atoms with Crippen molar-refractivity contribution in [3.8, 4) is 28.4 Å². The van der Waals surface area contributed by atoms with Gasteiger partial charge < -0.3 is 44.0 Å². The Morgan fingerprint density at radius 2 is 1.81 bits per heavy atom. The average molecular weight is 578 g/mol. The highest BCUT2D eigenvalue weighted by atomic mass is 16.7. The molecule has 4 aromatic rings. The molecule has 4 atom stereocenters. The molecular weight excluding hydrogens is 546 g/mol. The van der Waals surface area contributed by atoms with E-state index in [0.29, 0.717) is 33.6 Å². The fourth-order valence-electron chi connectivity index (χ4n) is 4.84. The fourth-order valence-corrected chi connectivity index (χ4v) is 4.84. The lowest BCUT2D eigenvalue weighted by molar-refractivity contribution is -0.240. The number of amides is 1. The van der Waals surface area contributed by atoms with Gasteiger partial charge in [-0.05, 0) is 61.0 Å². The normalized spacial score (nSPS) is 20.2. The maximum atomic E-state index is 13.2. The number of fused-ring (bicyclic) bond motifs is 1. The summed E-state index contributed by atoms with van der Waals surface area (Å²) in [7, 11) is 3.11. The first-order valence-electron chi connectivity index (χ1n) is 13.2. The number of anilines is 1. The number of aryl methyl sites for hydroxylation is 1. The van der Waals surface area contributed by atoms with Crippen molar-refractivity contribution in [3.63, 3.8) is 0 Å². The number of ether oxygens (including phenoxy) is 4. The molecule has 11 nitrogen and oxygen atoms in total. The van der Waals surface area contributed by atoms with Crippen LogP contribution in [0.4, 0.5) is 5.69 Å². The Hall–Kier alpha value is -4.42. The molecule has 0 unspecified atom stereocenters. The van der Waals surface area contributed by atoms with Crippen LogP contribution in [0.25, 0.3) is 22.1 Å². The summed E-state index contributed by atoms with van der Waals surface area (Å²) >= 11 is 0. The summed E-state index contributed by atoms with van der Waals surface area (Å²) in [5.74, 6) is 0.939. The first kappa shape index (κ1) is 29.1. The van der Waals surface area contributed by atoms with Crippen molar-refractivity contribution >= 4 is 22.6 Å². The van der Waals surface area contributed by atoms with Crippen LogP contribution in [-0.4, -0.2) is 66.7 Å². The van der Waals surface area contributed by atoms with Gasteiger partial charge in [0.1, 0.15) is 34.6 Å². The molecule has 42 heavy (non-hydrogen) atoms. The van der Waals surface area contributed by atoms with Crippen molar-refractivity contribution in [1.29, 1.82) is 0 Å². The van der Waals surface area contributed by atoms with Crippen molar-refractivity contribution in [2.75, 3.05) is 26.1 Å². The Morgan fingerprint density at radius 3 is 2.55 bits per heavy atom. The number of carbonyl (C=O) groups is 1. The molecule has 0 radical (unpaired) electrons. The molecule has 1 aliphatic heterocycles. The van der Waals surface area contributed by atoms with Gasteiger partial charge in [0.05, 0.1) is 33.0 Å². The first-order valence-corrected chi connectivity index (χ1v) is 13.2. The quantitative estimate of drug-likeness (QED) is 0.229. The van der Waals surface area contributed by atoms with Gasteiger partial charge in [-0.25, -0.2) is 4.79 Å². The van der Waals surface area contributed by atoms with Gasteiger partial charge in [-0.2, -0.15) is 0 Å². The van der Waals surface area contributed by atoms with Crippen molar-refractivity contribution < 1.29 is 43.5 Å². The highest BCUT2D eigenvalue weighted by Gasteiger charge is 2.38. The average Bonchev–Trinajstić information content (AvgIpc) is 3.01. The Balaban J connectivity index is 1.40. The number of hydrogen-bond donors (Lipinski definition) is 4. The number of rotatable bonds is 8. The molecule has 0 spiro atoms. The van der Waals surface area contributed by atoms with Crippen LogP contribution in [0, 0.1) is 6.92 Å². The molecule has 5 rings (SSSR count). The number of benzene rings is 3. The van der Waals surface area contributed by atoms with E-state index in [1.165, 1.54) is 13.2 Å². The van der Waals surface area contributed by atoms with Gasteiger partial charge in [0.2, 0.25) is 6.29 Å². The van der Waals surface area contributed by atoms with Crippen LogP contribution in [0.15, 0.2) is 69.9 Å². The minimum Gasteiger partial charge on any atom is -0.497 e. The Bertz CT molecular complexity index is 1670. The van der Waals surface area contributed by atoms with E-state index in [4.69, 9.17) is 23.4 Å². The maximum absolute atomic E-state index is 13.2. The Morgan fingerprint density at radius 1 is 1.02 bits per heavy atom. The largest absolute Gasteiger partial charge is 0.497 e. The van der Waals surface area contributed by atoms with Gasteiger partial charge in [-0.1, -0.05) is 12.1 Å². The summed E-state index contributed by atoms with van der Waals surface area (Å²) in [6.07, 6.45) is -4.34. The van der Waals surface area contributed by atoms with Gasteiger partial charge in [-0.15, -0.1) is 0 Å². The molecule has 0 aliphatic carbocycles. The zero-order valence-corrected chi connectivity index (χ0v) is 23.2. The van der Waals surface area contributed by atoms with Crippen LogP contribution < -0.4 is 25.2 Å². The Kier molecular flexibility index (Phi) is 8.46. The standard InChI is InChI=1S/C31H31NO10/c1-16-25(41-31-27(35)24(34)14-21(15-33)40-31)9-7-18-13-23(30(37)42-28(16)18)32-29(36)19-8-10-26(39-3)22(12-19)17-5-4-6-20(11-17)38-2/h4-13,21,24,27,31,33-35H,14-15H2,1-3H3,(H,32,36)/t21-,24+,27+,31+/m0/s1. The van der Waals surface area contributed by atoms with E-state index in [1.807, 2.05) is 24.3 Å². The number of nitrogens with one attached hydrogen (secondary N) is 1. The third-order valence-electron chi connectivity index (χ3n) is 7.14. The van der Waals surface area contributed by atoms with Crippen LogP contribution in [0.2, 0.25) is 0 Å². The second-order valence-electron chi connectivity index (χ2n) is 9.88. The minimum absolute atomic E-state index is 0.0562. The lowest BCUT2D eigenvalue weighted by Gasteiger charge is -2.36. The second kappa shape index (κ2) is 12.2. The van der Waals surface area contributed by atoms with E-state index < -0.39 is 36.1 Å². The van der Waals surface area contributed by atoms with Crippen molar-refractivity contribution in [3.05, 3.63) is 82.2 Å². The molecule has 11 heteroatoms. The van der Waals surface area contributed by atoms with Gasteiger partial charge in [0.25, 0.3) is 5.91 Å². The maximum Gasteiger partial charge on any atom is 0.360 e.